The van der Waals surface area contributed by atoms with Crippen LogP contribution in [0, 0.1) is 10.1 Å². The molecule has 0 aliphatic rings. The lowest BCUT2D eigenvalue weighted by atomic mass is 10.0. The second-order valence-corrected chi connectivity index (χ2v) is 4.39. The number of nitro groups is 1. The maximum absolute atomic E-state index is 11.4. The maximum atomic E-state index is 11.4. The molecule has 0 spiro atoms. The molecule has 21 heavy (non-hydrogen) atoms. The molecule has 7 nitrogen and oxygen atoms in total. The first-order chi connectivity index (χ1) is 10.1. The molecule has 0 bridgehead atoms. The fourth-order valence-electron chi connectivity index (χ4n) is 2.22. The van der Waals surface area contributed by atoms with E-state index in [1.165, 1.54) is 6.07 Å². The Balaban J connectivity index is 2.37. The third-order valence-electron chi connectivity index (χ3n) is 3.12. The molecule has 0 unspecified atom stereocenters. The van der Waals surface area contributed by atoms with Gasteiger partial charge < -0.3 is 10.1 Å². The number of aromatic nitrogens is 2. The molecule has 0 atom stereocenters. The van der Waals surface area contributed by atoms with E-state index in [0.717, 1.165) is 6.20 Å². The molecule has 0 saturated carbocycles. The van der Waals surface area contributed by atoms with Gasteiger partial charge in [0.15, 0.2) is 0 Å². The van der Waals surface area contributed by atoms with Gasteiger partial charge in [-0.15, -0.1) is 0 Å². The largest absolute Gasteiger partial charge is 0.477 e. The molecule has 2 heterocycles. The number of hydrogen-bond donors (Lipinski definition) is 2. The first kappa shape index (κ1) is 12.8. The van der Waals surface area contributed by atoms with E-state index in [4.69, 9.17) is 0 Å². The van der Waals surface area contributed by atoms with Crippen LogP contribution in [0.2, 0.25) is 0 Å². The van der Waals surface area contributed by atoms with Crippen molar-refractivity contribution >= 4 is 22.7 Å². The number of carboxylic acid groups (broad SMARTS) is 1. The summed E-state index contributed by atoms with van der Waals surface area (Å²) >= 11 is 0. The molecule has 2 aromatic heterocycles. The zero-order chi connectivity index (χ0) is 15.0. The third-order valence-corrected chi connectivity index (χ3v) is 3.12. The van der Waals surface area contributed by atoms with E-state index in [1.54, 1.807) is 30.3 Å². The van der Waals surface area contributed by atoms with E-state index in [-0.39, 0.29) is 11.4 Å². The Morgan fingerprint density at radius 3 is 2.62 bits per heavy atom. The van der Waals surface area contributed by atoms with Crippen LogP contribution in [0.25, 0.3) is 22.2 Å². The molecule has 0 saturated heterocycles. The van der Waals surface area contributed by atoms with Crippen LogP contribution in [0.1, 0.15) is 10.5 Å². The van der Waals surface area contributed by atoms with Crippen molar-refractivity contribution in [3.63, 3.8) is 0 Å². The number of pyridine rings is 1. The van der Waals surface area contributed by atoms with Crippen molar-refractivity contribution in [2.45, 2.75) is 0 Å². The van der Waals surface area contributed by atoms with Gasteiger partial charge in [-0.2, -0.15) is 0 Å². The number of benzene rings is 1. The molecule has 0 radical (unpaired) electrons. The molecule has 1 aromatic carbocycles. The van der Waals surface area contributed by atoms with E-state index in [2.05, 4.69) is 9.97 Å². The Kier molecular flexibility index (Phi) is 2.87. The predicted molar refractivity (Wildman–Crippen MR) is 75.1 cm³/mol. The van der Waals surface area contributed by atoms with Crippen molar-refractivity contribution in [1.29, 1.82) is 0 Å². The second-order valence-electron chi connectivity index (χ2n) is 4.39. The number of aromatic amines is 1. The van der Waals surface area contributed by atoms with Crippen LogP contribution < -0.4 is 0 Å². The molecule has 3 rings (SSSR count). The third kappa shape index (κ3) is 2.10. The van der Waals surface area contributed by atoms with E-state index in [9.17, 15) is 20.0 Å². The lowest BCUT2D eigenvalue weighted by Gasteiger charge is -2.01. The van der Waals surface area contributed by atoms with Gasteiger partial charge in [0.2, 0.25) is 0 Å². The van der Waals surface area contributed by atoms with Crippen molar-refractivity contribution in [1.82, 2.24) is 9.97 Å². The molecule has 104 valence electrons. The number of nitrogens with one attached hydrogen (secondary N) is 1. The Hall–Kier alpha value is -3.22. The van der Waals surface area contributed by atoms with Gasteiger partial charge in [-0.3, -0.25) is 10.1 Å². The van der Waals surface area contributed by atoms with Crippen molar-refractivity contribution < 1.29 is 14.8 Å². The molecule has 0 fully saturated rings. The van der Waals surface area contributed by atoms with E-state index >= 15 is 0 Å². The van der Waals surface area contributed by atoms with Crippen LogP contribution in [0.3, 0.4) is 0 Å². The minimum atomic E-state index is -1.14. The van der Waals surface area contributed by atoms with Crippen molar-refractivity contribution in [3.05, 3.63) is 58.4 Å². The molecule has 2 N–H and O–H groups in total. The summed E-state index contributed by atoms with van der Waals surface area (Å²) in [6, 6.07) is 10.2. The summed E-state index contributed by atoms with van der Waals surface area (Å²) in [7, 11) is 0. The predicted octanol–water partition coefficient (Wildman–Crippen LogP) is 2.84. The Morgan fingerprint density at radius 2 is 2.00 bits per heavy atom. The van der Waals surface area contributed by atoms with Crippen LogP contribution in [0.4, 0.5) is 5.69 Å². The molecular formula is C14H9N3O4. The monoisotopic (exact) mass is 283 g/mol. The highest BCUT2D eigenvalue weighted by atomic mass is 16.6. The number of H-pyrrole nitrogens is 1. The molecule has 7 heteroatoms. The minimum absolute atomic E-state index is 0.0378. The summed E-state index contributed by atoms with van der Waals surface area (Å²) in [6.07, 6.45) is 1.10. The summed E-state index contributed by atoms with van der Waals surface area (Å²) in [4.78, 5) is 28.3. The minimum Gasteiger partial charge on any atom is -0.477 e. The summed E-state index contributed by atoms with van der Waals surface area (Å²) < 4.78 is 0. The first-order valence-electron chi connectivity index (χ1n) is 6.03. The summed E-state index contributed by atoms with van der Waals surface area (Å²) in [5, 5.41) is 20.6. The molecule has 0 aliphatic heterocycles. The number of carboxylic acids is 1. The average molecular weight is 283 g/mol. The van der Waals surface area contributed by atoms with Gasteiger partial charge in [0.05, 0.1) is 4.92 Å². The van der Waals surface area contributed by atoms with Crippen LogP contribution in [0.5, 0.6) is 0 Å². The zero-order valence-electron chi connectivity index (χ0n) is 10.6. The highest BCUT2D eigenvalue weighted by Crippen LogP contribution is 2.33. The lowest BCUT2D eigenvalue weighted by molar-refractivity contribution is -0.385. The first-order valence-corrected chi connectivity index (χ1v) is 6.03. The number of aromatic carboxylic acids is 1. The van der Waals surface area contributed by atoms with Crippen molar-refractivity contribution in [3.8, 4) is 11.1 Å². The smallest absolute Gasteiger partial charge is 0.353 e. The van der Waals surface area contributed by atoms with Gasteiger partial charge in [0.1, 0.15) is 17.5 Å². The molecular weight excluding hydrogens is 274 g/mol. The quantitative estimate of drug-likeness (QED) is 0.567. The zero-order valence-corrected chi connectivity index (χ0v) is 10.6. The SMILES string of the molecule is O=C(O)c1[nH]c2ncc([N+](=O)[O-])cc2c1-c1ccccc1. The van der Waals surface area contributed by atoms with Gasteiger partial charge in [0.25, 0.3) is 5.69 Å². The number of carbonyl (C=O) groups is 1. The maximum Gasteiger partial charge on any atom is 0.353 e. The van der Waals surface area contributed by atoms with Crippen molar-refractivity contribution in [2.75, 3.05) is 0 Å². The number of rotatable bonds is 3. The summed E-state index contributed by atoms with van der Waals surface area (Å²) in [6.45, 7) is 0. The van der Waals surface area contributed by atoms with Crippen LogP contribution in [0.15, 0.2) is 42.6 Å². The van der Waals surface area contributed by atoms with E-state index < -0.39 is 10.9 Å². The van der Waals surface area contributed by atoms with Gasteiger partial charge >= 0.3 is 5.97 Å². The highest BCUT2D eigenvalue weighted by molar-refractivity contribution is 6.06. The van der Waals surface area contributed by atoms with Crippen LogP contribution in [-0.4, -0.2) is 26.0 Å². The fourth-order valence-corrected chi connectivity index (χ4v) is 2.22. The number of fused-ring (bicyclic) bond motifs is 1. The molecule has 0 amide bonds. The van der Waals surface area contributed by atoms with E-state index in [1.807, 2.05) is 0 Å². The summed E-state index contributed by atoms with van der Waals surface area (Å²) in [5.41, 5.74) is 1.13. The molecule has 3 aromatic rings. The van der Waals surface area contributed by atoms with Gasteiger partial charge in [0, 0.05) is 17.0 Å². The van der Waals surface area contributed by atoms with Crippen LogP contribution in [-0.2, 0) is 0 Å². The lowest BCUT2D eigenvalue weighted by Crippen LogP contribution is -1.98. The number of nitrogens with zero attached hydrogens (tertiary/aromatic N) is 2. The van der Waals surface area contributed by atoms with E-state index in [0.29, 0.717) is 22.2 Å². The van der Waals surface area contributed by atoms with Crippen LogP contribution >= 0.6 is 0 Å². The second kappa shape index (κ2) is 4.71. The van der Waals surface area contributed by atoms with Gasteiger partial charge in [-0.25, -0.2) is 9.78 Å². The Labute approximate surface area is 118 Å². The fraction of sp³-hybridized carbons (Fsp3) is 0. The molecule has 0 aliphatic carbocycles. The Bertz CT molecular complexity index is 855. The van der Waals surface area contributed by atoms with Crippen molar-refractivity contribution in [2.24, 2.45) is 0 Å². The standard InChI is InChI=1S/C14H9N3O4/c18-14(19)12-11(8-4-2-1-3-5-8)10-6-9(17(20)21)7-15-13(10)16-12/h1-7H,(H,15,16)(H,18,19). The number of hydrogen-bond acceptors (Lipinski definition) is 4. The normalized spacial score (nSPS) is 10.7. The van der Waals surface area contributed by atoms with Gasteiger partial charge in [-0.1, -0.05) is 30.3 Å². The highest BCUT2D eigenvalue weighted by Gasteiger charge is 2.21. The van der Waals surface area contributed by atoms with Gasteiger partial charge in [-0.05, 0) is 5.56 Å². The summed E-state index contributed by atoms with van der Waals surface area (Å²) in [5.74, 6) is -1.14. The topological polar surface area (TPSA) is 109 Å². The average Bonchev–Trinajstić information content (AvgIpc) is 2.86. The Morgan fingerprint density at radius 1 is 1.29 bits per heavy atom.